The number of aliphatic hydroxyl groups excluding tert-OH is 1. The van der Waals surface area contributed by atoms with Gasteiger partial charge in [-0.1, -0.05) is 31.5 Å². The zero-order valence-corrected chi connectivity index (χ0v) is 14.0. The maximum atomic E-state index is 13.5. The number of hydrogen-bond acceptors (Lipinski definition) is 3. The van der Waals surface area contributed by atoms with Crippen LogP contribution >= 0.6 is 11.6 Å². The minimum Gasteiger partial charge on any atom is -0.396 e. The molecule has 7 heteroatoms. The Hall–Kier alpha value is -0.820. The summed E-state index contributed by atoms with van der Waals surface area (Å²) in [5.41, 5.74) is -1.27. The first-order valence-corrected chi connectivity index (χ1v) is 7.97. The standard InChI is InChI=1S/C16H22ClF3N2O/c1-15(2,10-23)14(22-7-5-21-6-8-22)12-4-3-11(17)9-13(12)16(18,19)20/h3-4,9,14,21,23H,5-8,10H2,1-2H3/t14-/m1/s1. The van der Waals surface area contributed by atoms with Crippen molar-refractivity contribution in [3.63, 3.8) is 0 Å². The molecule has 2 rings (SSSR count). The second-order valence-corrected chi connectivity index (χ2v) is 7.00. The quantitative estimate of drug-likeness (QED) is 0.874. The molecule has 0 aliphatic carbocycles. The van der Waals surface area contributed by atoms with E-state index in [2.05, 4.69) is 5.32 Å². The normalized spacial score (nSPS) is 18.9. The number of nitrogens with one attached hydrogen (secondary N) is 1. The van der Waals surface area contributed by atoms with Crippen molar-refractivity contribution in [2.45, 2.75) is 26.1 Å². The minimum atomic E-state index is -4.49. The van der Waals surface area contributed by atoms with Crippen LogP contribution in [0.2, 0.25) is 5.02 Å². The third kappa shape index (κ3) is 4.18. The van der Waals surface area contributed by atoms with Gasteiger partial charge in [-0.25, -0.2) is 0 Å². The lowest BCUT2D eigenvalue weighted by atomic mass is 9.78. The average molecular weight is 351 g/mol. The predicted molar refractivity (Wildman–Crippen MR) is 84.5 cm³/mol. The zero-order chi connectivity index (χ0) is 17.3. The van der Waals surface area contributed by atoms with E-state index in [1.807, 2.05) is 4.90 Å². The molecule has 0 bridgehead atoms. The summed E-state index contributed by atoms with van der Waals surface area (Å²) in [7, 11) is 0. The van der Waals surface area contributed by atoms with Crippen LogP contribution in [0.5, 0.6) is 0 Å². The van der Waals surface area contributed by atoms with Gasteiger partial charge >= 0.3 is 6.18 Å². The van der Waals surface area contributed by atoms with E-state index in [-0.39, 0.29) is 17.2 Å². The smallest absolute Gasteiger partial charge is 0.396 e. The lowest BCUT2D eigenvalue weighted by Crippen LogP contribution is -2.50. The van der Waals surface area contributed by atoms with Crippen LogP contribution in [0.15, 0.2) is 18.2 Å². The largest absolute Gasteiger partial charge is 0.416 e. The van der Waals surface area contributed by atoms with Gasteiger partial charge in [-0.2, -0.15) is 13.2 Å². The third-order valence-electron chi connectivity index (χ3n) is 4.28. The summed E-state index contributed by atoms with van der Waals surface area (Å²) in [5, 5.41) is 13.0. The molecular weight excluding hydrogens is 329 g/mol. The van der Waals surface area contributed by atoms with E-state index in [0.717, 1.165) is 6.07 Å². The topological polar surface area (TPSA) is 35.5 Å². The van der Waals surface area contributed by atoms with E-state index in [4.69, 9.17) is 11.6 Å². The molecule has 23 heavy (non-hydrogen) atoms. The Morgan fingerprint density at radius 3 is 2.39 bits per heavy atom. The van der Waals surface area contributed by atoms with Crippen molar-refractivity contribution < 1.29 is 18.3 Å². The van der Waals surface area contributed by atoms with Crippen LogP contribution in [0.1, 0.15) is 31.0 Å². The van der Waals surface area contributed by atoms with Gasteiger partial charge in [0, 0.05) is 49.3 Å². The predicted octanol–water partition coefficient (Wildman–Crippen LogP) is 3.32. The average Bonchev–Trinajstić information content (AvgIpc) is 2.49. The molecule has 1 atom stereocenters. The molecule has 1 aromatic carbocycles. The Bertz CT molecular complexity index is 543. The molecule has 0 amide bonds. The van der Waals surface area contributed by atoms with E-state index in [9.17, 15) is 18.3 Å². The lowest BCUT2D eigenvalue weighted by Gasteiger charge is -2.44. The van der Waals surface area contributed by atoms with Gasteiger partial charge in [-0.15, -0.1) is 0 Å². The molecule has 0 unspecified atom stereocenters. The van der Waals surface area contributed by atoms with Crippen LogP contribution in [0.4, 0.5) is 13.2 Å². The second-order valence-electron chi connectivity index (χ2n) is 6.56. The van der Waals surface area contributed by atoms with Gasteiger partial charge in [-0.3, -0.25) is 4.90 Å². The Balaban J connectivity index is 2.55. The summed E-state index contributed by atoms with van der Waals surface area (Å²) < 4.78 is 40.5. The second kappa shape index (κ2) is 6.97. The van der Waals surface area contributed by atoms with Gasteiger partial charge in [0.15, 0.2) is 0 Å². The van der Waals surface area contributed by atoms with Crippen LogP contribution in [0.25, 0.3) is 0 Å². The molecule has 1 aliphatic heterocycles. The summed E-state index contributed by atoms with van der Waals surface area (Å²) in [4.78, 5) is 2.01. The molecule has 0 spiro atoms. The minimum absolute atomic E-state index is 0.0574. The van der Waals surface area contributed by atoms with Crippen molar-refractivity contribution in [2.24, 2.45) is 5.41 Å². The van der Waals surface area contributed by atoms with Crippen molar-refractivity contribution in [3.05, 3.63) is 34.3 Å². The monoisotopic (exact) mass is 350 g/mol. The number of alkyl halides is 3. The summed E-state index contributed by atoms with van der Waals surface area (Å²) in [5.74, 6) is 0. The van der Waals surface area contributed by atoms with Gasteiger partial charge in [0.2, 0.25) is 0 Å². The van der Waals surface area contributed by atoms with Crippen molar-refractivity contribution in [1.82, 2.24) is 10.2 Å². The highest BCUT2D eigenvalue weighted by Gasteiger charge is 2.42. The highest BCUT2D eigenvalue weighted by atomic mass is 35.5. The molecule has 130 valence electrons. The van der Waals surface area contributed by atoms with Crippen molar-refractivity contribution in [3.8, 4) is 0 Å². The van der Waals surface area contributed by atoms with E-state index in [0.29, 0.717) is 26.2 Å². The first-order valence-electron chi connectivity index (χ1n) is 7.59. The van der Waals surface area contributed by atoms with Crippen LogP contribution in [0.3, 0.4) is 0 Å². The fraction of sp³-hybridized carbons (Fsp3) is 0.625. The number of nitrogens with zero attached hydrogens (tertiary/aromatic N) is 1. The van der Waals surface area contributed by atoms with Gasteiger partial charge in [-0.05, 0) is 17.7 Å². The SMILES string of the molecule is CC(C)(CO)[C@@H](c1ccc(Cl)cc1C(F)(F)F)N1CCNCC1. The van der Waals surface area contributed by atoms with Crippen molar-refractivity contribution >= 4 is 11.6 Å². The van der Waals surface area contributed by atoms with Crippen LogP contribution < -0.4 is 5.32 Å². The van der Waals surface area contributed by atoms with Crippen LogP contribution in [-0.2, 0) is 6.18 Å². The number of aliphatic hydroxyl groups is 1. The molecule has 1 saturated heterocycles. The van der Waals surface area contributed by atoms with Crippen molar-refractivity contribution in [1.29, 1.82) is 0 Å². The third-order valence-corrected chi connectivity index (χ3v) is 4.51. The number of rotatable bonds is 4. The lowest BCUT2D eigenvalue weighted by molar-refractivity contribution is -0.139. The molecule has 0 aromatic heterocycles. The van der Waals surface area contributed by atoms with E-state index in [1.54, 1.807) is 13.8 Å². The van der Waals surface area contributed by atoms with E-state index < -0.39 is 23.2 Å². The summed E-state index contributed by atoms with van der Waals surface area (Å²) >= 11 is 5.79. The Morgan fingerprint density at radius 2 is 1.87 bits per heavy atom. The fourth-order valence-corrected chi connectivity index (χ4v) is 3.32. The number of piperazine rings is 1. The molecule has 3 nitrogen and oxygen atoms in total. The maximum absolute atomic E-state index is 13.5. The van der Waals surface area contributed by atoms with Gasteiger partial charge < -0.3 is 10.4 Å². The van der Waals surface area contributed by atoms with Gasteiger partial charge in [0.25, 0.3) is 0 Å². The Kier molecular flexibility index (Phi) is 5.61. The van der Waals surface area contributed by atoms with Gasteiger partial charge in [0.05, 0.1) is 5.56 Å². The molecule has 2 N–H and O–H groups in total. The molecule has 1 aromatic rings. The molecule has 0 radical (unpaired) electrons. The molecule has 1 heterocycles. The molecule has 1 fully saturated rings. The van der Waals surface area contributed by atoms with Crippen molar-refractivity contribution in [2.75, 3.05) is 32.8 Å². The van der Waals surface area contributed by atoms with E-state index >= 15 is 0 Å². The summed E-state index contributed by atoms with van der Waals surface area (Å²) in [6.07, 6.45) is -4.49. The molecule has 0 saturated carbocycles. The van der Waals surface area contributed by atoms with Crippen LogP contribution in [0, 0.1) is 5.41 Å². The molecule has 1 aliphatic rings. The first-order chi connectivity index (χ1) is 10.7. The first kappa shape index (κ1) is 18.5. The van der Waals surface area contributed by atoms with Gasteiger partial charge in [0.1, 0.15) is 0 Å². The molecular formula is C16H22ClF3N2O. The van der Waals surface area contributed by atoms with Crippen LogP contribution in [-0.4, -0.2) is 42.8 Å². The number of hydrogen-bond donors (Lipinski definition) is 2. The summed E-state index contributed by atoms with van der Waals surface area (Å²) in [6, 6.07) is 3.35. The zero-order valence-electron chi connectivity index (χ0n) is 13.3. The highest BCUT2D eigenvalue weighted by molar-refractivity contribution is 6.30. The number of halogens is 4. The number of benzene rings is 1. The summed E-state index contributed by atoms with van der Waals surface area (Å²) in [6.45, 7) is 6.06. The Morgan fingerprint density at radius 1 is 1.26 bits per heavy atom. The fourth-order valence-electron chi connectivity index (χ4n) is 3.15. The maximum Gasteiger partial charge on any atom is 0.416 e. The highest BCUT2D eigenvalue weighted by Crippen LogP contribution is 2.44. The Labute approximate surface area is 139 Å². The van der Waals surface area contributed by atoms with E-state index in [1.165, 1.54) is 12.1 Å².